The number of pyridine rings is 1. The van der Waals surface area contributed by atoms with Gasteiger partial charge in [-0.15, -0.1) is 0 Å². The first kappa shape index (κ1) is 14.1. The normalized spacial score (nSPS) is 26.2. The third kappa shape index (κ3) is 2.53. The molecule has 0 bridgehead atoms. The van der Waals surface area contributed by atoms with E-state index in [9.17, 15) is 9.90 Å². The second-order valence-corrected chi connectivity index (χ2v) is 6.06. The van der Waals surface area contributed by atoms with Crippen molar-refractivity contribution in [1.82, 2.24) is 14.5 Å². The lowest BCUT2D eigenvalue weighted by molar-refractivity contribution is -0.0522. The molecule has 0 spiro atoms. The van der Waals surface area contributed by atoms with Gasteiger partial charge in [-0.2, -0.15) is 5.10 Å². The van der Waals surface area contributed by atoms with Gasteiger partial charge in [-0.05, 0) is 38.0 Å². The third-order valence-electron chi connectivity index (χ3n) is 4.58. The largest absolute Gasteiger partial charge is 0.390 e. The maximum Gasteiger partial charge on any atom is 0.274 e. The molecule has 0 aliphatic carbocycles. The summed E-state index contributed by atoms with van der Waals surface area (Å²) >= 11 is 0. The van der Waals surface area contributed by atoms with Gasteiger partial charge in [0, 0.05) is 25.2 Å². The minimum absolute atomic E-state index is 0.0485. The lowest BCUT2D eigenvalue weighted by Crippen LogP contribution is -2.51. The van der Waals surface area contributed by atoms with Gasteiger partial charge in [0.1, 0.15) is 0 Å². The van der Waals surface area contributed by atoms with Gasteiger partial charge in [-0.25, -0.2) is 4.52 Å². The Labute approximate surface area is 124 Å². The summed E-state index contributed by atoms with van der Waals surface area (Å²) in [6, 6.07) is 7.56. The number of carbonyl (C=O) groups excluding carboxylic acids is 1. The fraction of sp³-hybridized carbons (Fsp3) is 0.500. The summed E-state index contributed by atoms with van der Waals surface area (Å²) in [4.78, 5) is 14.4. The Balaban J connectivity index is 1.82. The highest BCUT2D eigenvalue weighted by molar-refractivity contribution is 5.93. The molecule has 0 aromatic carbocycles. The summed E-state index contributed by atoms with van der Waals surface area (Å²) in [5.74, 6) is 0.0693. The standard InChI is InChI=1S/C16H21N3O2/c1-3-12-11-18(9-7-16(12,2)21)15(20)14-10-13-6-4-5-8-19(13)17-14/h4-6,8,10,12,21H,3,7,9,11H2,1-2H3/t12-,16+/m0/s1. The average molecular weight is 287 g/mol. The van der Waals surface area contributed by atoms with E-state index in [0.717, 1.165) is 11.9 Å². The van der Waals surface area contributed by atoms with Crippen LogP contribution >= 0.6 is 0 Å². The first-order chi connectivity index (χ1) is 10.0. The van der Waals surface area contributed by atoms with E-state index >= 15 is 0 Å². The van der Waals surface area contributed by atoms with Crippen molar-refractivity contribution in [1.29, 1.82) is 0 Å². The number of hydrogen-bond donors (Lipinski definition) is 1. The Morgan fingerprint density at radius 2 is 2.33 bits per heavy atom. The number of rotatable bonds is 2. The summed E-state index contributed by atoms with van der Waals surface area (Å²) < 4.78 is 1.71. The Morgan fingerprint density at radius 1 is 1.52 bits per heavy atom. The molecule has 0 radical (unpaired) electrons. The molecule has 1 amide bonds. The Morgan fingerprint density at radius 3 is 3.05 bits per heavy atom. The fourth-order valence-electron chi connectivity index (χ4n) is 3.08. The van der Waals surface area contributed by atoms with Gasteiger partial charge in [0.25, 0.3) is 5.91 Å². The second kappa shape index (κ2) is 5.15. The SMILES string of the molecule is CC[C@H]1CN(C(=O)c2cc3ccccn3n2)CC[C@@]1(C)O. The second-order valence-electron chi connectivity index (χ2n) is 6.06. The number of likely N-dealkylation sites (tertiary alicyclic amines) is 1. The fourth-order valence-corrected chi connectivity index (χ4v) is 3.08. The zero-order valence-corrected chi connectivity index (χ0v) is 12.5. The van der Waals surface area contributed by atoms with Crippen LogP contribution in [0, 0.1) is 5.92 Å². The van der Waals surface area contributed by atoms with Gasteiger partial charge in [-0.1, -0.05) is 13.0 Å². The van der Waals surface area contributed by atoms with Gasteiger partial charge in [0.2, 0.25) is 0 Å². The number of aliphatic hydroxyl groups is 1. The van der Waals surface area contributed by atoms with Crippen LogP contribution in [-0.2, 0) is 0 Å². The molecule has 112 valence electrons. The highest BCUT2D eigenvalue weighted by atomic mass is 16.3. The van der Waals surface area contributed by atoms with Gasteiger partial charge in [0.15, 0.2) is 5.69 Å². The maximum atomic E-state index is 12.6. The van der Waals surface area contributed by atoms with E-state index < -0.39 is 5.60 Å². The van der Waals surface area contributed by atoms with Crippen LogP contribution in [0.25, 0.3) is 5.52 Å². The van der Waals surface area contributed by atoms with Crippen molar-refractivity contribution in [2.24, 2.45) is 5.92 Å². The number of carbonyl (C=O) groups is 1. The number of aromatic nitrogens is 2. The van der Waals surface area contributed by atoms with Gasteiger partial charge in [-0.3, -0.25) is 4.79 Å². The van der Waals surface area contributed by atoms with Gasteiger partial charge >= 0.3 is 0 Å². The van der Waals surface area contributed by atoms with E-state index in [1.807, 2.05) is 42.3 Å². The van der Waals surface area contributed by atoms with Crippen LogP contribution in [0.15, 0.2) is 30.5 Å². The number of amides is 1. The van der Waals surface area contributed by atoms with Crippen molar-refractivity contribution in [3.8, 4) is 0 Å². The summed E-state index contributed by atoms with van der Waals surface area (Å²) in [6.45, 7) is 5.10. The van der Waals surface area contributed by atoms with Crippen LogP contribution in [0.2, 0.25) is 0 Å². The molecule has 0 unspecified atom stereocenters. The highest BCUT2D eigenvalue weighted by Gasteiger charge is 2.38. The highest BCUT2D eigenvalue weighted by Crippen LogP contribution is 2.30. The van der Waals surface area contributed by atoms with E-state index in [1.165, 1.54) is 0 Å². The smallest absolute Gasteiger partial charge is 0.274 e. The summed E-state index contributed by atoms with van der Waals surface area (Å²) in [7, 11) is 0. The zero-order valence-electron chi connectivity index (χ0n) is 12.5. The number of nitrogens with zero attached hydrogens (tertiary/aromatic N) is 3. The van der Waals surface area contributed by atoms with Gasteiger partial charge in [0.05, 0.1) is 11.1 Å². The summed E-state index contributed by atoms with van der Waals surface area (Å²) in [6.07, 6.45) is 3.31. The van der Waals surface area contributed by atoms with Crippen LogP contribution < -0.4 is 0 Å². The minimum atomic E-state index is -0.676. The van der Waals surface area contributed by atoms with E-state index in [0.29, 0.717) is 25.2 Å². The first-order valence-corrected chi connectivity index (χ1v) is 7.47. The van der Waals surface area contributed by atoms with Crippen molar-refractivity contribution in [2.45, 2.75) is 32.3 Å². The van der Waals surface area contributed by atoms with Crippen LogP contribution in [0.1, 0.15) is 37.2 Å². The predicted octanol–water partition coefficient (Wildman–Crippen LogP) is 1.96. The molecule has 1 aliphatic heterocycles. The molecule has 0 saturated carbocycles. The molecule has 3 rings (SSSR count). The molecule has 2 atom stereocenters. The lowest BCUT2D eigenvalue weighted by atomic mass is 9.81. The van der Waals surface area contributed by atoms with Crippen molar-refractivity contribution in [3.05, 3.63) is 36.2 Å². The van der Waals surface area contributed by atoms with Crippen molar-refractivity contribution in [3.63, 3.8) is 0 Å². The van der Waals surface area contributed by atoms with E-state index in [4.69, 9.17) is 0 Å². The summed E-state index contributed by atoms with van der Waals surface area (Å²) in [5.41, 5.74) is 0.708. The molecule has 1 N–H and O–H groups in total. The average Bonchev–Trinajstić information content (AvgIpc) is 2.90. The van der Waals surface area contributed by atoms with Crippen LogP contribution in [-0.4, -0.2) is 44.2 Å². The quantitative estimate of drug-likeness (QED) is 0.918. The molecule has 21 heavy (non-hydrogen) atoms. The van der Waals surface area contributed by atoms with E-state index in [-0.39, 0.29) is 11.8 Å². The lowest BCUT2D eigenvalue weighted by Gasteiger charge is -2.42. The molecule has 3 heterocycles. The topological polar surface area (TPSA) is 57.8 Å². The molecule has 1 aliphatic rings. The number of hydrogen-bond acceptors (Lipinski definition) is 3. The van der Waals surface area contributed by atoms with Gasteiger partial charge < -0.3 is 10.0 Å². The monoisotopic (exact) mass is 287 g/mol. The summed E-state index contributed by atoms with van der Waals surface area (Å²) in [5, 5.41) is 14.7. The van der Waals surface area contributed by atoms with Crippen LogP contribution in [0.5, 0.6) is 0 Å². The minimum Gasteiger partial charge on any atom is -0.390 e. The Kier molecular flexibility index (Phi) is 3.45. The molecule has 2 aromatic heterocycles. The molecule has 1 fully saturated rings. The maximum absolute atomic E-state index is 12.6. The zero-order chi connectivity index (χ0) is 15.0. The molecule has 5 heteroatoms. The molecular weight excluding hydrogens is 266 g/mol. The van der Waals surface area contributed by atoms with Crippen LogP contribution in [0.4, 0.5) is 0 Å². The van der Waals surface area contributed by atoms with Crippen molar-refractivity contribution >= 4 is 11.4 Å². The number of piperidine rings is 1. The molecular formula is C16H21N3O2. The molecule has 5 nitrogen and oxygen atoms in total. The predicted molar refractivity (Wildman–Crippen MR) is 80.1 cm³/mol. The molecule has 2 aromatic rings. The Hall–Kier alpha value is -1.88. The van der Waals surface area contributed by atoms with E-state index in [2.05, 4.69) is 12.0 Å². The van der Waals surface area contributed by atoms with E-state index in [1.54, 1.807) is 4.52 Å². The molecule has 1 saturated heterocycles. The number of fused-ring (bicyclic) bond motifs is 1. The Bertz CT molecular complexity index is 629. The van der Waals surface area contributed by atoms with Crippen molar-refractivity contribution < 1.29 is 9.90 Å². The third-order valence-corrected chi connectivity index (χ3v) is 4.58. The first-order valence-electron chi connectivity index (χ1n) is 7.47. The van der Waals surface area contributed by atoms with Crippen molar-refractivity contribution in [2.75, 3.05) is 13.1 Å². The van der Waals surface area contributed by atoms with Crippen LogP contribution in [0.3, 0.4) is 0 Å².